The molecule has 1 rings (SSSR count). The number of ether oxygens (including phenoxy) is 2. The molecule has 1 aromatic rings. The fourth-order valence-corrected chi connectivity index (χ4v) is 2.00. The van der Waals surface area contributed by atoms with Gasteiger partial charge in [0.25, 0.3) is 0 Å². The Kier molecular flexibility index (Phi) is 6.54. The molecule has 0 aromatic carbocycles. The molecule has 0 spiro atoms. The molecule has 0 atom stereocenters. The molecule has 0 radical (unpaired) electrons. The molecular formula is C12H16O4S. The third-order valence-electron chi connectivity index (χ3n) is 1.97. The Balaban J connectivity index is 2.28. The summed E-state index contributed by atoms with van der Waals surface area (Å²) in [4.78, 5) is 11.4. The van der Waals surface area contributed by atoms with Gasteiger partial charge in [0.1, 0.15) is 0 Å². The van der Waals surface area contributed by atoms with Gasteiger partial charge in [-0.15, -0.1) is 11.3 Å². The molecule has 0 amide bonds. The monoisotopic (exact) mass is 256 g/mol. The Morgan fingerprint density at radius 2 is 2.35 bits per heavy atom. The molecule has 0 saturated heterocycles. The van der Waals surface area contributed by atoms with Crippen LogP contribution >= 0.6 is 11.3 Å². The Bertz CT molecular complexity index is 370. The van der Waals surface area contributed by atoms with Crippen molar-refractivity contribution in [1.82, 2.24) is 0 Å². The van der Waals surface area contributed by atoms with Crippen molar-refractivity contribution in [2.24, 2.45) is 0 Å². The van der Waals surface area contributed by atoms with Gasteiger partial charge in [0.15, 0.2) is 0 Å². The van der Waals surface area contributed by atoms with Crippen LogP contribution in [-0.4, -0.2) is 31.4 Å². The summed E-state index contributed by atoms with van der Waals surface area (Å²) < 4.78 is 10.4. The average molecular weight is 256 g/mol. The Morgan fingerprint density at radius 3 is 3.06 bits per heavy atom. The van der Waals surface area contributed by atoms with E-state index in [1.165, 1.54) is 0 Å². The largest absolute Gasteiger partial charge is 0.478 e. The number of carbonyl (C=O) groups is 1. The molecule has 94 valence electrons. The summed E-state index contributed by atoms with van der Waals surface area (Å²) in [5.74, 6) is -0.937. The van der Waals surface area contributed by atoms with Crippen molar-refractivity contribution in [2.45, 2.75) is 13.0 Å². The van der Waals surface area contributed by atoms with Gasteiger partial charge in [-0.05, 0) is 29.5 Å². The van der Waals surface area contributed by atoms with Gasteiger partial charge in [0.2, 0.25) is 0 Å². The predicted octanol–water partition coefficient (Wildman–Crippen LogP) is 2.40. The molecule has 4 nitrogen and oxygen atoms in total. The minimum Gasteiger partial charge on any atom is -0.478 e. The first-order valence-electron chi connectivity index (χ1n) is 5.27. The minimum absolute atomic E-state index is 0.565. The number of methoxy groups -OCH3 is 1. The van der Waals surface area contributed by atoms with Crippen LogP contribution < -0.4 is 0 Å². The molecule has 0 unspecified atom stereocenters. The molecule has 0 aliphatic rings. The van der Waals surface area contributed by atoms with Crippen LogP contribution in [0.15, 0.2) is 17.5 Å². The van der Waals surface area contributed by atoms with Gasteiger partial charge < -0.3 is 14.6 Å². The van der Waals surface area contributed by atoms with Crippen molar-refractivity contribution in [3.8, 4) is 0 Å². The summed E-state index contributed by atoms with van der Waals surface area (Å²) in [5, 5.41) is 10.4. The maximum atomic E-state index is 10.3. The Labute approximate surface area is 104 Å². The molecule has 0 aliphatic carbocycles. The van der Waals surface area contributed by atoms with Gasteiger partial charge in [0, 0.05) is 31.3 Å². The highest BCUT2D eigenvalue weighted by atomic mass is 32.1. The summed E-state index contributed by atoms with van der Waals surface area (Å²) in [5.41, 5.74) is 0.896. The van der Waals surface area contributed by atoms with E-state index in [0.717, 1.165) is 22.9 Å². The first kappa shape index (κ1) is 13.9. The zero-order valence-electron chi connectivity index (χ0n) is 9.72. The number of carboxylic acids is 1. The van der Waals surface area contributed by atoms with Crippen LogP contribution in [0.1, 0.15) is 16.9 Å². The van der Waals surface area contributed by atoms with Crippen molar-refractivity contribution in [3.63, 3.8) is 0 Å². The summed E-state index contributed by atoms with van der Waals surface area (Å²) in [6.07, 6.45) is 3.59. The highest BCUT2D eigenvalue weighted by molar-refractivity contribution is 7.10. The van der Waals surface area contributed by atoms with Gasteiger partial charge in [0.05, 0.1) is 6.61 Å². The SMILES string of the molecule is COCCCOCc1cc(C=CC(=O)O)cs1. The van der Waals surface area contributed by atoms with E-state index < -0.39 is 5.97 Å². The molecule has 5 heteroatoms. The van der Waals surface area contributed by atoms with E-state index in [9.17, 15) is 4.79 Å². The zero-order valence-corrected chi connectivity index (χ0v) is 10.5. The number of carboxylic acid groups (broad SMARTS) is 1. The van der Waals surface area contributed by atoms with E-state index in [2.05, 4.69) is 0 Å². The van der Waals surface area contributed by atoms with Crippen molar-refractivity contribution >= 4 is 23.4 Å². The topological polar surface area (TPSA) is 55.8 Å². The molecule has 1 N–H and O–H groups in total. The Hall–Kier alpha value is -1.17. The number of aliphatic carboxylic acids is 1. The predicted molar refractivity (Wildman–Crippen MR) is 67.1 cm³/mol. The van der Waals surface area contributed by atoms with Crippen LogP contribution in [0.2, 0.25) is 0 Å². The number of thiophene rings is 1. The number of rotatable bonds is 8. The van der Waals surface area contributed by atoms with Crippen LogP contribution in [0.3, 0.4) is 0 Å². The fraction of sp³-hybridized carbons (Fsp3) is 0.417. The van der Waals surface area contributed by atoms with Gasteiger partial charge in [-0.3, -0.25) is 0 Å². The van der Waals surface area contributed by atoms with Crippen molar-refractivity contribution in [1.29, 1.82) is 0 Å². The van der Waals surface area contributed by atoms with Crippen LogP contribution in [-0.2, 0) is 20.9 Å². The van der Waals surface area contributed by atoms with Crippen LogP contribution in [0, 0.1) is 0 Å². The molecule has 1 heterocycles. The van der Waals surface area contributed by atoms with E-state index in [4.69, 9.17) is 14.6 Å². The van der Waals surface area contributed by atoms with Crippen molar-refractivity contribution < 1.29 is 19.4 Å². The minimum atomic E-state index is -0.937. The normalized spacial score (nSPS) is 11.1. The lowest BCUT2D eigenvalue weighted by Crippen LogP contribution is -1.98. The van der Waals surface area contributed by atoms with Gasteiger partial charge >= 0.3 is 5.97 Å². The average Bonchev–Trinajstić information content (AvgIpc) is 2.74. The lowest BCUT2D eigenvalue weighted by atomic mass is 10.3. The molecule has 0 fully saturated rings. The second-order valence-corrected chi connectivity index (χ2v) is 4.41. The zero-order chi connectivity index (χ0) is 12.5. The van der Waals surface area contributed by atoms with E-state index in [1.54, 1.807) is 24.5 Å². The smallest absolute Gasteiger partial charge is 0.328 e. The van der Waals surface area contributed by atoms with Gasteiger partial charge in [-0.1, -0.05) is 0 Å². The van der Waals surface area contributed by atoms with Crippen LogP contribution in [0.25, 0.3) is 6.08 Å². The molecular weight excluding hydrogens is 240 g/mol. The van der Waals surface area contributed by atoms with Crippen molar-refractivity contribution in [2.75, 3.05) is 20.3 Å². The highest BCUT2D eigenvalue weighted by Crippen LogP contribution is 2.17. The van der Waals surface area contributed by atoms with Crippen LogP contribution in [0.5, 0.6) is 0 Å². The summed E-state index contributed by atoms with van der Waals surface area (Å²) in [6, 6.07) is 1.93. The first-order valence-corrected chi connectivity index (χ1v) is 6.15. The molecule has 0 aliphatic heterocycles. The lowest BCUT2D eigenvalue weighted by Gasteiger charge is -2.01. The lowest BCUT2D eigenvalue weighted by molar-refractivity contribution is -0.131. The quantitative estimate of drug-likeness (QED) is 0.573. The maximum absolute atomic E-state index is 10.3. The summed E-state index contributed by atoms with van der Waals surface area (Å²) in [6.45, 7) is 1.94. The molecule has 17 heavy (non-hydrogen) atoms. The van der Waals surface area contributed by atoms with Gasteiger partial charge in [-0.2, -0.15) is 0 Å². The molecule has 0 saturated carbocycles. The molecule has 0 bridgehead atoms. The fourth-order valence-electron chi connectivity index (χ4n) is 1.21. The number of hydrogen-bond acceptors (Lipinski definition) is 4. The van der Waals surface area contributed by atoms with E-state index in [0.29, 0.717) is 19.8 Å². The standard InChI is InChI=1S/C12H16O4S/c1-15-5-2-6-16-8-11-7-10(9-17-11)3-4-12(13)14/h3-4,7,9H,2,5-6,8H2,1H3,(H,13,14). The third-order valence-corrected chi connectivity index (χ3v) is 2.90. The van der Waals surface area contributed by atoms with Crippen LogP contribution in [0.4, 0.5) is 0 Å². The van der Waals surface area contributed by atoms with E-state index >= 15 is 0 Å². The van der Waals surface area contributed by atoms with E-state index in [1.807, 2.05) is 11.4 Å². The summed E-state index contributed by atoms with van der Waals surface area (Å²) in [7, 11) is 1.67. The second-order valence-electron chi connectivity index (χ2n) is 3.42. The number of hydrogen-bond donors (Lipinski definition) is 1. The maximum Gasteiger partial charge on any atom is 0.328 e. The highest BCUT2D eigenvalue weighted by Gasteiger charge is 1.98. The van der Waals surface area contributed by atoms with Gasteiger partial charge in [-0.25, -0.2) is 4.79 Å². The third kappa shape index (κ3) is 6.21. The Morgan fingerprint density at radius 1 is 1.53 bits per heavy atom. The summed E-state index contributed by atoms with van der Waals surface area (Å²) >= 11 is 1.56. The van der Waals surface area contributed by atoms with Crippen molar-refractivity contribution in [3.05, 3.63) is 28.0 Å². The second kappa shape index (κ2) is 8.00. The molecule has 1 aromatic heterocycles. The first-order chi connectivity index (χ1) is 8.22. The van der Waals surface area contributed by atoms with E-state index in [-0.39, 0.29) is 0 Å².